The molecule has 0 saturated carbocycles. The average Bonchev–Trinajstić information content (AvgIpc) is 3.34. The number of hydrogen-bond donors (Lipinski definition) is 0. The molecule has 0 aliphatic heterocycles. The summed E-state index contributed by atoms with van der Waals surface area (Å²) in [5.74, 6) is -6.37. The Kier molecular flexibility index (Phi) is 14.1. The summed E-state index contributed by atoms with van der Waals surface area (Å²) in [7, 11) is -19.5. The predicted octanol–water partition coefficient (Wildman–Crippen LogP) is 10.3. The molecular formula is C45H27F9O15S3. The Morgan fingerprint density at radius 1 is 0.333 bits per heavy atom. The Morgan fingerprint density at radius 3 is 0.708 bits per heavy atom. The second-order valence-electron chi connectivity index (χ2n) is 15.0. The number of carbonyl (C=O) groups excluding carboxylic acids is 3. The van der Waals surface area contributed by atoms with Gasteiger partial charge in [-0.25, -0.2) is 0 Å². The first-order valence-electron chi connectivity index (χ1n) is 19.8. The lowest BCUT2D eigenvalue weighted by atomic mass is 9.94. The van der Waals surface area contributed by atoms with E-state index in [9.17, 15) is 79.2 Å². The third-order valence-corrected chi connectivity index (χ3v) is 13.0. The molecule has 72 heavy (non-hydrogen) atoms. The van der Waals surface area contributed by atoms with Crippen LogP contribution in [-0.2, 0) is 49.6 Å². The molecule has 0 saturated heterocycles. The van der Waals surface area contributed by atoms with Gasteiger partial charge in [-0.1, -0.05) is 0 Å². The van der Waals surface area contributed by atoms with Crippen molar-refractivity contribution in [3.8, 4) is 51.7 Å². The van der Waals surface area contributed by atoms with Gasteiger partial charge in [0.2, 0.25) is 0 Å². The fourth-order valence-electron chi connectivity index (χ4n) is 6.69. The van der Waals surface area contributed by atoms with Crippen molar-refractivity contribution in [1.29, 1.82) is 0 Å². The first-order valence-corrected chi connectivity index (χ1v) is 24.0. The highest BCUT2D eigenvalue weighted by molar-refractivity contribution is 7.88. The topological polar surface area (TPSA) is 209 Å². The van der Waals surface area contributed by atoms with Crippen molar-refractivity contribution in [2.24, 2.45) is 0 Å². The Morgan fingerprint density at radius 2 is 0.528 bits per heavy atom. The number of benzene rings is 6. The molecule has 7 rings (SSSR count). The van der Waals surface area contributed by atoms with Crippen molar-refractivity contribution < 1.29 is 106 Å². The lowest BCUT2D eigenvalue weighted by molar-refractivity contribution is -0.0505. The van der Waals surface area contributed by atoms with E-state index in [1.807, 2.05) is 0 Å². The van der Waals surface area contributed by atoms with Crippen molar-refractivity contribution in [2.45, 2.75) is 35.8 Å². The minimum Gasteiger partial charge on any atom is -0.453 e. The Labute approximate surface area is 400 Å². The van der Waals surface area contributed by atoms with Gasteiger partial charge in [-0.2, -0.15) is 64.8 Å². The molecule has 0 heterocycles. The van der Waals surface area contributed by atoms with E-state index < -0.39 is 101 Å². The predicted molar refractivity (Wildman–Crippen MR) is 230 cm³/mol. The summed E-state index contributed by atoms with van der Waals surface area (Å²) in [6.45, 7) is 0. The maximum Gasteiger partial charge on any atom is 0.534 e. The highest BCUT2D eigenvalue weighted by Crippen LogP contribution is 2.46. The van der Waals surface area contributed by atoms with Gasteiger partial charge < -0.3 is 26.8 Å². The van der Waals surface area contributed by atoms with Crippen LogP contribution in [0.3, 0.4) is 0 Å². The second kappa shape index (κ2) is 19.5. The first-order chi connectivity index (χ1) is 33.6. The van der Waals surface area contributed by atoms with E-state index in [0.717, 1.165) is 72.8 Å². The van der Waals surface area contributed by atoms with E-state index in [-0.39, 0.29) is 67.3 Å². The van der Waals surface area contributed by atoms with Gasteiger partial charge in [0, 0.05) is 16.7 Å². The quantitative estimate of drug-likeness (QED) is 0.0405. The molecule has 1 aliphatic rings. The summed E-state index contributed by atoms with van der Waals surface area (Å²) in [4.78, 5) is 33.9. The number of hydrogen-bond acceptors (Lipinski definition) is 15. The molecule has 6 aromatic carbocycles. The van der Waals surface area contributed by atoms with E-state index in [4.69, 9.17) is 14.2 Å². The largest absolute Gasteiger partial charge is 0.534 e. The second-order valence-corrected chi connectivity index (χ2v) is 19.7. The molecule has 0 amide bonds. The van der Waals surface area contributed by atoms with Gasteiger partial charge in [-0.3, -0.25) is 14.4 Å². The number of halogens is 9. The monoisotopic (exact) mass is 1070 g/mol. The fourth-order valence-corrected chi connectivity index (χ4v) is 8.07. The molecule has 0 fully saturated rings. The zero-order valence-electron chi connectivity index (χ0n) is 35.5. The third-order valence-electron chi connectivity index (χ3n) is 10.1. The minimum atomic E-state index is -6.52. The number of alkyl halides is 9. The molecule has 0 atom stereocenters. The van der Waals surface area contributed by atoms with E-state index >= 15 is 0 Å². The summed E-state index contributed by atoms with van der Waals surface area (Å²) in [5, 5.41) is 0. The standard InChI is InChI=1S/C45H27F9O15S3/c46-43(47,48)70(58,59)67-40-19-31-14-29-17-38(65-35-9-3-26(23-56)4-10-35)42(69-72(62,63)45(52,53)54)21-33(29)15-30-18-39(66-36-11-5-27(24-57)6-12-36)41(68-71(60,61)44(49,50)51)20-32(30)13-28(31)16-37(40)64-34-7-1-25(22-55)2-8-34/h1-12,16-24H,13-15H2. The lowest BCUT2D eigenvalue weighted by Gasteiger charge is -2.19. The third kappa shape index (κ3) is 11.6. The lowest BCUT2D eigenvalue weighted by Crippen LogP contribution is -2.28. The number of fused-ring (bicyclic) bond motifs is 3. The summed E-state index contributed by atoms with van der Waals surface area (Å²) in [6.07, 6.45) is -0.500. The van der Waals surface area contributed by atoms with E-state index in [2.05, 4.69) is 12.5 Å². The molecule has 0 aromatic heterocycles. The molecular weight excluding hydrogens is 1050 g/mol. The molecule has 0 bridgehead atoms. The molecule has 6 aromatic rings. The summed E-state index contributed by atoms with van der Waals surface area (Å²) in [6, 6.07) is 19.3. The molecule has 0 spiro atoms. The molecule has 1 aliphatic carbocycles. The van der Waals surface area contributed by atoms with Crippen LogP contribution in [0.15, 0.2) is 109 Å². The molecule has 0 N–H and O–H groups in total. The molecule has 0 unspecified atom stereocenters. The Hall–Kier alpha value is -7.65. The number of rotatable bonds is 15. The van der Waals surface area contributed by atoms with Gasteiger partial charge in [0.05, 0.1) is 0 Å². The van der Waals surface area contributed by atoms with Crippen LogP contribution in [0.2, 0.25) is 0 Å². The van der Waals surface area contributed by atoms with Crippen molar-refractivity contribution in [3.63, 3.8) is 0 Å². The average molecular weight is 1070 g/mol. The highest BCUT2D eigenvalue weighted by atomic mass is 32.2. The Balaban J connectivity index is 1.53. The van der Waals surface area contributed by atoms with Gasteiger partial charge in [-0.15, -0.1) is 0 Å². The zero-order chi connectivity index (χ0) is 52.6. The first kappa shape index (κ1) is 52.2. The maximum absolute atomic E-state index is 13.9. The van der Waals surface area contributed by atoms with Gasteiger partial charge in [0.25, 0.3) is 0 Å². The van der Waals surface area contributed by atoms with Crippen LogP contribution in [0, 0.1) is 0 Å². The van der Waals surface area contributed by atoms with Gasteiger partial charge >= 0.3 is 46.9 Å². The number of aldehydes is 3. The van der Waals surface area contributed by atoms with Crippen LogP contribution in [0.25, 0.3) is 0 Å². The van der Waals surface area contributed by atoms with Crippen LogP contribution < -0.4 is 26.8 Å². The normalized spacial score (nSPS) is 13.1. The fraction of sp³-hybridized carbons (Fsp3) is 0.133. The van der Waals surface area contributed by atoms with Crippen LogP contribution in [0.1, 0.15) is 64.5 Å². The van der Waals surface area contributed by atoms with Crippen molar-refractivity contribution in [1.82, 2.24) is 0 Å². The van der Waals surface area contributed by atoms with Crippen LogP contribution in [0.5, 0.6) is 51.7 Å². The number of carbonyl (C=O) groups is 3. The van der Waals surface area contributed by atoms with Crippen molar-refractivity contribution in [2.75, 3.05) is 0 Å². The summed E-state index contributed by atoms with van der Waals surface area (Å²) >= 11 is 0. The SMILES string of the molecule is O=Cc1ccc(Oc2cc3c(cc2OS(=O)(=O)C(F)(F)F)Cc2cc(Oc4ccc(C=O)cc4)c(OS(=O)(=O)C(F)(F)F)cc2Cc2cc(Oc4ccc(C=O)cc4)c(OS(=O)(=O)C(F)(F)F)cc2C3)cc1. The van der Waals surface area contributed by atoms with Crippen LogP contribution >= 0.6 is 0 Å². The van der Waals surface area contributed by atoms with E-state index in [1.165, 1.54) is 36.4 Å². The van der Waals surface area contributed by atoms with Gasteiger partial charge in [0.15, 0.2) is 34.5 Å². The maximum atomic E-state index is 13.9. The van der Waals surface area contributed by atoms with E-state index in [0.29, 0.717) is 18.9 Å². The molecule has 27 heteroatoms. The minimum absolute atomic E-state index is 0.0880. The molecule has 15 nitrogen and oxygen atoms in total. The number of ether oxygens (including phenoxy) is 3. The van der Waals surface area contributed by atoms with Crippen molar-refractivity contribution in [3.05, 3.63) is 159 Å². The van der Waals surface area contributed by atoms with Crippen molar-refractivity contribution >= 4 is 49.2 Å². The smallest absolute Gasteiger partial charge is 0.453 e. The summed E-state index contributed by atoms with van der Waals surface area (Å²) < 4.78 is 231. The van der Waals surface area contributed by atoms with E-state index in [1.54, 1.807) is 0 Å². The Bertz CT molecular complexity index is 3070. The van der Waals surface area contributed by atoms with Gasteiger partial charge in [0.1, 0.15) is 36.1 Å². The van der Waals surface area contributed by atoms with Crippen LogP contribution in [0.4, 0.5) is 39.5 Å². The summed E-state index contributed by atoms with van der Waals surface area (Å²) in [5.41, 5.74) is -18.7. The zero-order valence-corrected chi connectivity index (χ0v) is 37.9. The molecule has 378 valence electrons. The van der Waals surface area contributed by atoms with Crippen LogP contribution in [-0.4, -0.2) is 60.6 Å². The highest BCUT2D eigenvalue weighted by Gasteiger charge is 2.51. The van der Waals surface area contributed by atoms with Gasteiger partial charge in [-0.05, 0) is 162 Å². The molecule has 0 radical (unpaired) electrons.